The number of nitrogens with one attached hydrogen (secondary N) is 2. The van der Waals surface area contributed by atoms with Crippen LogP contribution in [0.1, 0.15) is 84.1 Å². The molecule has 3 fully saturated rings. The lowest BCUT2D eigenvalue weighted by molar-refractivity contribution is -0.140. The van der Waals surface area contributed by atoms with Crippen LogP contribution in [0.25, 0.3) is 11.8 Å². The van der Waals surface area contributed by atoms with Gasteiger partial charge in [0.25, 0.3) is 5.91 Å². The van der Waals surface area contributed by atoms with Gasteiger partial charge in [0, 0.05) is 28.7 Å². The van der Waals surface area contributed by atoms with E-state index in [1.807, 2.05) is 57.2 Å². The fourth-order valence-electron chi connectivity index (χ4n) is 7.09. The molecule has 0 spiro atoms. The van der Waals surface area contributed by atoms with Crippen LogP contribution in [0.3, 0.4) is 0 Å². The number of hydrogen-bond donors (Lipinski definition) is 3. The predicted octanol–water partition coefficient (Wildman–Crippen LogP) is 3.12. The maximum atomic E-state index is 14.3. The van der Waals surface area contributed by atoms with Crippen molar-refractivity contribution in [2.75, 3.05) is 6.54 Å². The van der Waals surface area contributed by atoms with Crippen LogP contribution in [0.5, 0.6) is 0 Å². The number of amides is 3. The second-order valence-corrected chi connectivity index (χ2v) is 17.7. The van der Waals surface area contributed by atoms with Crippen molar-refractivity contribution in [2.45, 2.75) is 120 Å². The first-order valence-corrected chi connectivity index (χ1v) is 19.8. The third-order valence-electron chi connectivity index (χ3n) is 10.7. The molecule has 0 bridgehead atoms. The van der Waals surface area contributed by atoms with Crippen LogP contribution in [0.2, 0.25) is 5.02 Å². The van der Waals surface area contributed by atoms with Gasteiger partial charge in [0.05, 0.1) is 23.4 Å². The molecule has 6 rings (SSSR count). The lowest BCUT2D eigenvalue weighted by Crippen LogP contribution is -2.58. The Bertz CT molecular complexity index is 1920. The van der Waals surface area contributed by atoms with Crippen LogP contribution >= 0.6 is 11.6 Å². The lowest BCUT2D eigenvalue weighted by atomic mass is 10.1. The number of halogens is 1. The van der Waals surface area contributed by atoms with Crippen molar-refractivity contribution >= 4 is 51.2 Å². The maximum absolute atomic E-state index is 14.3. The monoisotopic (exact) mass is 740 g/mol. The molecule has 1 saturated heterocycles. The first-order chi connectivity index (χ1) is 24.1. The first kappa shape index (κ1) is 37.2. The van der Waals surface area contributed by atoms with Crippen molar-refractivity contribution in [3.05, 3.63) is 69.3 Å². The Morgan fingerprint density at radius 2 is 1.94 bits per heavy atom. The van der Waals surface area contributed by atoms with E-state index in [1.165, 1.54) is 4.90 Å². The van der Waals surface area contributed by atoms with E-state index in [0.29, 0.717) is 35.8 Å². The molecule has 3 aliphatic carbocycles. The molecule has 2 aliphatic heterocycles. The van der Waals surface area contributed by atoms with Gasteiger partial charge in [0.2, 0.25) is 21.8 Å². The zero-order valence-electron chi connectivity index (χ0n) is 29.7. The van der Waals surface area contributed by atoms with Gasteiger partial charge in [-0.1, -0.05) is 48.7 Å². The summed E-state index contributed by atoms with van der Waals surface area (Å²) >= 11 is 6.50. The molecule has 0 aromatic heterocycles. The van der Waals surface area contributed by atoms with Gasteiger partial charge < -0.3 is 25.4 Å². The first-order valence-electron chi connectivity index (χ1n) is 18.0. The minimum absolute atomic E-state index is 0.0824. The second kappa shape index (κ2) is 14.4. The van der Waals surface area contributed by atoms with Crippen LogP contribution in [-0.2, 0) is 33.9 Å². The Morgan fingerprint density at radius 3 is 2.67 bits per heavy atom. The van der Waals surface area contributed by atoms with E-state index in [-0.39, 0.29) is 37.3 Å². The molecule has 13 heteroatoms. The zero-order valence-corrected chi connectivity index (χ0v) is 31.3. The minimum Gasteiger partial charge on any atom is -0.491 e. The van der Waals surface area contributed by atoms with Crippen molar-refractivity contribution in [3.8, 4) is 0 Å². The molecule has 276 valence electrons. The number of nitrogens with two attached hydrogens (primary N) is 1. The van der Waals surface area contributed by atoms with E-state index < -0.39 is 50.3 Å². The highest BCUT2D eigenvalue weighted by atomic mass is 35.5. The smallest absolute Gasteiger partial charge is 0.259 e. The maximum Gasteiger partial charge on any atom is 0.259 e. The molecule has 2 heterocycles. The number of carbonyl (C=O) groups is 3. The summed E-state index contributed by atoms with van der Waals surface area (Å²) in [6, 6.07) is 1.85. The highest BCUT2D eigenvalue weighted by Gasteiger charge is 2.63. The third-order valence-corrected chi connectivity index (χ3v) is 13.3. The van der Waals surface area contributed by atoms with Crippen LogP contribution in [-0.4, -0.2) is 72.2 Å². The Kier molecular flexibility index (Phi) is 10.5. The minimum atomic E-state index is -3.95. The van der Waals surface area contributed by atoms with Crippen molar-refractivity contribution in [1.82, 2.24) is 14.9 Å². The highest BCUT2D eigenvalue weighted by Crippen LogP contribution is 2.47. The van der Waals surface area contributed by atoms with Crippen molar-refractivity contribution in [1.29, 1.82) is 0 Å². The summed E-state index contributed by atoms with van der Waals surface area (Å²) in [7, 11) is -3.95. The standard InChI is InChI=1S/C38H49ClN4O7S/c1-23(2)49-26-12-10-13-28-24(3)30(39)16-15-29(28)33(20-26)50-27-19-32-34(44)41-38(36(46)42-51(47,48)37(4)17-18-37)21-25(38)11-8-6-5-7-9-14-31(40)35(45)43(32)22-27/h8,10-13,15-16,20,23,25,27,31-32H,5-7,9,14,17-19,21-22,40H2,1-4H3,(H,41,44)(H,42,46). The Balaban J connectivity index is 1.33. The van der Waals surface area contributed by atoms with E-state index in [9.17, 15) is 22.8 Å². The lowest BCUT2D eigenvalue weighted by Gasteiger charge is -2.28. The summed E-state index contributed by atoms with van der Waals surface area (Å²) < 4.78 is 40.2. The topological polar surface area (TPSA) is 157 Å². The predicted molar refractivity (Wildman–Crippen MR) is 196 cm³/mol. The van der Waals surface area contributed by atoms with E-state index in [0.717, 1.165) is 41.7 Å². The van der Waals surface area contributed by atoms with Gasteiger partial charge in [0.15, 0.2) is 0 Å². The Labute approximate surface area is 305 Å². The van der Waals surface area contributed by atoms with E-state index >= 15 is 0 Å². The molecule has 1 aromatic carbocycles. The van der Waals surface area contributed by atoms with Crippen molar-refractivity contribution in [2.24, 2.45) is 11.7 Å². The number of hydrogen-bond acceptors (Lipinski definition) is 8. The molecule has 5 aliphatic rings. The molecule has 3 amide bonds. The van der Waals surface area contributed by atoms with Gasteiger partial charge in [-0.15, -0.1) is 0 Å². The molecule has 4 N–H and O–H groups in total. The molecule has 2 saturated carbocycles. The average Bonchev–Trinajstić information content (AvgIpc) is 3.94. The van der Waals surface area contributed by atoms with Gasteiger partial charge >= 0.3 is 0 Å². The number of carbonyl (C=O) groups excluding carboxylic acids is 3. The fraction of sp³-hybridized carbons (Fsp3) is 0.553. The van der Waals surface area contributed by atoms with Crippen LogP contribution in [0.4, 0.5) is 0 Å². The number of ether oxygens (including phenoxy) is 2. The van der Waals surface area contributed by atoms with Crippen molar-refractivity contribution in [3.63, 3.8) is 0 Å². The summed E-state index contributed by atoms with van der Waals surface area (Å²) in [6.07, 6.45) is 15.7. The van der Waals surface area contributed by atoms with Gasteiger partial charge in [-0.2, -0.15) is 0 Å². The third kappa shape index (κ3) is 7.78. The number of allylic oxidation sites excluding steroid dienone is 3. The molecule has 5 unspecified atom stereocenters. The number of sulfonamides is 1. The van der Waals surface area contributed by atoms with Crippen LogP contribution in [0, 0.1) is 12.8 Å². The Morgan fingerprint density at radius 1 is 1.18 bits per heavy atom. The van der Waals surface area contributed by atoms with Gasteiger partial charge in [0.1, 0.15) is 29.2 Å². The number of benzene rings is 1. The SMILES string of the molecule is Cc1c(Cl)ccc2c1=CC=CC(OC(C)C)=CC=2OC1CC2C(=O)NC3(C(=O)NS(=O)(=O)C4(C)CC4)CC3C=CCCCCCC(N)C(=O)N2C1. The largest absolute Gasteiger partial charge is 0.491 e. The molecule has 11 nitrogen and oxygen atoms in total. The molecule has 0 radical (unpaired) electrons. The van der Waals surface area contributed by atoms with Crippen LogP contribution in [0.15, 0.2) is 48.3 Å². The van der Waals surface area contributed by atoms with E-state index in [2.05, 4.69) is 10.0 Å². The van der Waals surface area contributed by atoms with Gasteiger partial charge in [-0.25, -0.2) is 8.42 Å². The molecular weight excluding hydrogens is 692 g/mol. The summed E-state index contributed by atoms with van der Waals surface area (Å²) in [6.45, 7) is 7.48. The quantitative estimate of drug-likeness (QED) is 0.360. The number of nitrogens with zero attached hydrogens (tertiary/aromatic N) is 1. The normalized spacial score (nSPS) is 29.1. The number of rotatable bonds is 7. The van der Waals surface area contributed by atoms with Gasteiger partial charge in [-0.05, 0) is 95.2 Å². The molecule has 51 heavy (non-hydrogen) atoms. The highest BCUT2D eigenvalue weighted by molar-refractivity contribution is 7.91. The summed E-state index contributed by atoms with van der Waals surface area (Å²) in [5.41, 5.74) is 5.86. The molecule has 5 atom stereocenters. The fourth-order valence-corrected chi connectivity index (χ4v) is 8.57. The second-order valence-electron chi connectivity index (χ2n) is 15.0. The summed E-state index contributed by atoms with van der Waals surface area (Å²) in [4.78, 5) is 43.4. The van der Waals surface area contributed by atoms with Crippen LogP contribution < -0.4 is 26.2 Å². The van der Waals surface area contributed by atoms with E-state index in [1.54, 1.807) is 19.1 Å². The van der Waals surface area contributed by atoms with Gasteiger partial charge in [-0.3, -0.25) is 19.1 Å². The molecular formula is C38H49ClN4O7S. The van der Waals surface area contributed by atoms with Crippen molar-refractivity contribution < 1.29 is 32.3 Å². The Hall–Kier alpha value is -3.61. The van der Waals surface area contributed by atoms with E-state index in [4.69, 9.17) is 26.8 Å². The summed E-state index contributed by atoms with van der Waals surface area (Å²) in [5.74, 6) is -1.00. The summed E-state index contributed by atoms with van der Waals surface area (Å²) in [5, 5.41) is 5.16. The number of fused-ring (bicyclic) bond motifs is 3. The average molecular weight is 741 g/mol. The zero-order chi connectivity index (χ0) is 36.7. The molecule has 1 aromatic rings.